The summed E-state index contributed by atoms with van der Waals surface area (Å²) >= 11 is 0. The predicted molar refractivity (Wildman–Crippen MR) is 107 cm³/mol. The largest absolute Gasteiger partial charge is 0.501 e. The average Bonchev–Trinajstić information content (AvgIpc) is 2.69. The van der Waals surface area contributed by atoms with Crippen LogP contribution >= 0.6 is 0 Å². The number of anilines is 1. The Balaban J connectivity index is 1.86. The number of rotatable bonds is 4. The predicted octanol–water partition coefficient (Wildman–Crippen LogP) is 3.11. The van der Waals surface area contributed by atoms with Crippen molar-refractivity contribution in [2.45, 2.75) is 29.1 Å². The van der Waals surface area contributed by atoms with Gasteiger partial charge < -0.3 is 4.90 Å². The van der Waals surface area contributed by atoms with E-state index in [1.165, 1.54) is 27.4 Å². The van der Waals surface area contributed by atoms with Crippen LogP contribution in [0.3, 0.4) is 0 Å². The van der Waals surface area contributed by atoms with E-state index in [0.717, 1.165) is 11.6 Å². The standard InChI is InChI=1S/C19H21F3N2O4S2/c1-14-7-8-15(2)18(13-14)30(27,28)24-11-9-23(10-12-24)16-5-3-4-6-17(16)29(25,26)19(20,21)22/h3-8,13H,9-12H2,1-2H3. The second kappa shape index (κ2) is 7.86. The molecule has 164 valence electrons. The molecule has 2 aromatic carbocycles. The van der Waals surface area contributed by atoms with Gasteiger partial charge in [0.15, 0.2) is 0 Å². The first-order chi connectivity index (χ1) is 13.9. The van der Waals surface area contributed by atoms with Gasteiger partial charge in [0, 0.05) is 26.2 Å². The quantitative estimate of drug-likeness (QED) is 0.698. The van der Waals surface area contributed by atoms with Crippen molar-refractivity contribution in [3.8, 4) is 0 Å². The number of piperazine rings is 1. The topological polar surface area (TPSA) is 74.8 Å². The molecule has 30 heavy (non-hydrogen) atoms. The van der Waals surface area contributed by atoms with Gasteiger partial charge in [0.2, 0.25) is 10.0 Å². The fraction of sp³-hybridized carbons (Fsp3) is 0.368. The van der Waals surface area contributed by atoms with Gasteiger partial charge >= 0.3 is 5.51 Å². The average molecular weight is 463 g/mol. The summed E-state index contributed by atoms with van der Waals surface area (Å²) in [6.45, 7) is 3.66. The molecule has 3 rings (SSSR count). The van der Waals surface area contributed by atoms with E-state index in [1.54, 1.807) is 26.0 Å². The van der Waals surface area contributed by atoms with Crippen LogP contribution in [0.25, 0.3) is 0 Å². The van der Waals surface area contributed by atoms with E-state index in [2.05, 4.69) is 0 Å². The fourth-order valence-electron chi connectivity index (χ4n) is 3.36. The Labute approximate surface area is 173 Å². The summed E-state index contributed by atoms with van der Waals surface area (Å²) in [4.78, 5) is 0.827. The second-order valence-corrected chi connectivity index (χ2v) is 10.9. The number of benzene rings is 2. The maximum absolute atomic E-state index is 13.0. The number of aryl methyl sites for hydroxylation is 2. The lowest BCUT2D eigenvalue weighted by molar-refractivity contribution is -0.0435. The normalized spacial score (nSPS) is 16.6. The fourth-order valence-corrected chi connectivity index (χ4v) is 6.08. The number of sulfonamides is 1. The van der Waals surface area contributed by atoms with Crippen molar-refractivity contribution in [2.75, 3.05) is 31.1 Å². The van der Waals surface area contributed by atoms with Crippen molar-refractivity contribution in [1.82, 2.24) is 4.31 Å². The first-order valence-corrected chi connectivity index (χ1v) is 12.0. The Morgan fingerprint density at radius 1 is 0.833 bits per heavy atom. The molecule has 1 aliphatic rings. The molecule has 0 saturated carbocycles. The Morgan fingerprint density at radius 3 is 2.03 bits per heavy atom. The van der Waals surface area contributed by atoms with Crippen molar-refractivity contribution >= 4 is 25.5 Å². The molecule has 0 spiro atoms. The van der Waals surface area contributed by atoms with Crippen molar-refractivity contribution in [3.63, 3.8) is 0 Å². The number of nitrogens with zero attached hydrogens (tertiary/aromatic N) is 2. The van der Waals surface area contributed by atoms with Gasteiger partial charge in [0.05, 0.1) is 15.5 Å². The Kier molecular flexibility index (Phi) is 5.91. The molecule has 0 unspecified atom stereocenters. The summed E-state index contributed by atoms with van der Waals surface area (Å²) in [6, 6.07) is 10.0. The molecular weight excluding hydrogens is 441 g/mol. The number of sulfone groups is 1. The monoisotopic (exact) mass is 462 g/mol. The molecule has 1 aliphatic heterocycles. The number of hydrogen-bond donors (Lipinski definition) is 0. The van der Waals surface area contributed by atoms with Crippen LogP contribution < -0.4 is 4.90 Å². The molecule has 0 amide bonds. The van der Waals surface area contributed by atoms with Crippen molar-refractivity contribution in [3.05, 3.63) is 53.6 Å². The minimum atomic E-state index is -5.53. The van der Waals surface area contributed by atoms with Gasteiger partial charge in [0.25, 0.3) is 9.84 Å². The first kappa shape index (κ1) is 22.6. The smallest absolute Gasteiger partial charge is 0.368 e. The highest BCUT2D eigenvalue weighted by atomic mass is 32.2. The third-order valence-electron chi connectivity index (χ3n) is 5.00. The Morgan fingerprint density at radius 2 is 1.43 bits per heavy atom. The highest BCUT2D eigenvalue weighted by molar-refractivity contribution is 7.92. The summed E-state index contributed by atoms with van der Waals surface area (Å²) in [5.41, 5.74) is -4.11. The lowest BCUT2D eigenvalue weighted by Crippen LogP contribution is -2.49. The molecule has 1 fully saturated rings. The van der Waals surface area contributed by atoms with Gasteiger partial charge in [-0.2, -0.15) is 17.5 Å². The van der Waals surface area contributed by atoms with Crippen molar-refractivity contribution in [2.24, 2.45) is 0 Å². The highest BCUT2D eigenvalue weighted by Gasteiger charge is 2.48. The molecule has 0 bridgehead atoms. The highest BCUT2D eigenvalue weighted by Crippen LogP contribution is 2.36. The molecule has 0 aliphatic carbocycles. The summed E-state index contributed by atoms with van der Waals surface area (Å²) < 4.78 is 90.3. The molecule has 0 atom stereocenters. The third-order valence-corrected chi connectivity index (χ3v) is 8.57. The lowest BCUT2D eigenvalue weighted by Gasteiger charge is -2.36. The molecule has 0 N–H and O–H groups in total. The van der Waals surface area contributed by atoms with Crippen molar-refractivity contribution in [1.29, 1.82) is 0 Å². The van der Waals surface area contributed by atoms with E-state index in [1.807, 2.05) is 6.07 Å². The van der Waals surface area contributed by atoms with Crippen LogP contribution in [0.15, 0.2) is 52.3 Å². The molecule has 11 heteroatoms. The van der Waals surface area contributed by atoms with Gasteiger partial charge in [-0.05, 0) is 43.2 Å². The Hall–Kier alpha value is -2.11. The maximum atomic E-state index is 13.0. The van der Waals surface area contributed by atoms with Gasteiger partial charge in [-0.1, -0.05) is 24.3 Å². The summed E-state index contributed by atoms with van der Waals surface area (Å²) in [7, 11) is -9.30. The summed E-state index contributed by atoms with van der Waals surface area (Å²) in [6.07, 6.45) is 0. The zero-order chi connectivity index (χ0) is 22.3. The van der Waals surface area contributed by atoms with Crippen LogP contribution in [0.2, 0.25) is 0 Å². The molecule has 6 nitrogen and oxygen atoms in total. The van der Waals surface area contributed by atoms with Crippen LogP contribution in [0.5, 0.6) is 0 Å². The van der Waals surface area contributed by atoms with Crippen molar-refractivity contribution < 1.29 is 30.0 Å². The van der Waals surface area contributed by atoms with Gasteiger partial charge in [-0.25, -0.2) is 16.8 Å². The molecule has 0 radical (unpaired) electrons. The maximum Gasteiger partial charge on any atom is 0.501 e. The van der Waals surface area contributed by atoms with E-state index in [0.29, 0.717) is 5.56 Å². The summed E-state index contributed by atoms with van der Waals surface area (Å²) in [5.74, 6) is 0. The number of hydrogen-bond acceptors (Lipinski definition) is 5. The lowest BCUT2D eigenvalue weighted by atomic mass is 10.2. The van der Waals surface area contributed by atoms with Crippen LogP contribution in [-0.2, 0) is 19.9 Å². The zero-order valence-electron chi connectivity index (χ0n) is 16.3. The van der Waals surface area contributed by atoms with Crippen LogP contribution in [0, 0.1) is 13.8 Å². The molecule has 0 aromatic heterocycles. The van der Waals surface area contributed by atoms with Gasteiger partial charge in [-0.15, -0.1) is 0 Å². The van der Waals surface area contributed by atoms with E-state index in [4.69, 9.17) is 0 Å². The van der Waals surface area contributed by atoms with Crippen LogP contribution in [-0.4, -0.2) is 52.8 Å². The van der Waals surface area contributed by atoms with E-state index in [9.17, 15) is 30.0 Å². The SMILES string of the molecule is Cc1ccc(C)c(S(=O)(=O)N2CCN(c3ccccc3S(=O)(=O)C(F)(F)F)CC2)c1. The molecule has 2 aromatic rings. The van der Waals surface area contributed by atoms with E-state index >= 15 is 0 Å². The number of alkyl halides is 3. The van der Waals surface area contributed by atoms with Gasteiger partial charge in [0.1, 0.15) is 0 Å². The minimum absolute atomic E-state index is 0.0239. The molecule has 1 saturated heterocycles. The Bertz CT molecular complexity index is 1150. The van der Waals surface area contributed by atoms with Crippen LogP contribution in [0.1, 0.15) is 11.1 Å². The second-order valence-electron chi connectivity index (χ2n) is 7.08. The summed E-state index contributed by atoms with van der Waals surface area (Å²) in [5, 5.41) is 0. The number of para-hydroxylation sites is 1. The third kappa shape index (κ3) is 4.06. The number of halogens is 3. The minimum Gasteiger partial charge on any atom is -0.368 e. The van der Waals surface area contributed by atoms with E-state index < -0.39 is 30.3 Å². The van der Waals surface area contributed by atoms with Crippen LogP contribution in [0.4, 0.5) is 18.9 Å². The molecule has 1 heterocycles. The molecular formula is C19H21F3N2O4S2. The zero-order valence-corrected chi connectivity index (χ0v) is 18.0. The first-order valence-electron chi connectivity index (χ1n) is 9.08. The van der Waals surface area contributed by atoms with Gasteiger partial charge in [-0.3, -0.25) is 0 Å². The van der Waals surface area contributed by atoms with E-state index in [-0.39, 0.29) is 36.8 Å².